The van der Waals surface area contributed by atoms with E-state index in [1.807, 2.05) is 51.1 Å². The number of carbonyl (C=O) groups is 2. The molecular weight excluding hydrogens is 502 g/mol. The van der Waals surface area contributed by atoms with Gasteiger partial charge in [-0.3, -0.25) is 4.79 Å². The molecule has 1 heterocycles. The molecule has 2 atom stereocenters. The van der Waals surface area contributed by atoms with Crippen LogP contribution < -0.4 is 10.1 Å². The van der Waals surface area contributed by atoms with Gasteiger partial charge in [-0.05, 0) is 92.3 Å². The first-order valence-electron chi connectivity index (χ1n) is 13.4. The molecule has 0 aliphatic carbocycles. The normalized spacial score (nSPS) is 12.7. The zero-order valence-electron chi connectivity index (χ0n) is 23.8. The van der Waals surface area contributed by atoms with Crippen molar-refractivity contribution in [3.8, 4) is 11.8 Å². The number of carboxylic acids is 1. The van der Waals surface area contributed by atoms with E-state index in [4.69, 9.17) is 4.74 Å². The first-order chi connectivity index (χ1) is 19.0. The van der Waals surface area contributed by atoms with Gasteiger partial charge in [0.05, 0.1) is 17.7 Å². The summed E-state index contributed by atoms with van der Waals surface area (Å²) >= 11 is 0. The van der Waals surface area contributed by atoms with Crippen molar-refractivity contribution >= 4 is 22.8 Å². The Morgan fingerprint density at radius 1 is 1.00 bits per heavy atom. The van der Waals surface area contributed by atoms with Gasteiger partial charge in [0.1, 0.15) is 5.75 Å². The molecule has 0 saturated heterocycles. The first kappa shape index (κ1) is 28.4. The lowest BCUT2D eigenvalue weighted by atomic mass is 9.98. The lowest BCUT2D eigenvalue weighted by Crippen LogP contribution is -2.26. The van der Waals surface area contributed by atoms with Crippen LogP contribution in [0, 0.1) is 25.2 Å². The average molecular weight is 538 g/mol. The number of nitrogens with one attached hydrogen (secondary N) is 1. The second kappa shape index (κ2) is 11.7. The molecule has 2 N–H and O–H groups in total. The summed E-state index contributed by atoms with van der Waals surface area (Å²) in [6, 6.07) is 21.0. The van der Waals surface area contributed by atoms with Crippen molar-refractivity contribution in [3.63, 3.8) is 0 Å². The van der Waals surface area contributed by atoms with Crippen LogP contribution in [-0.4, -0.2) is 27.7 Å². The number of amides is 1. The van der Waals surface area contributed by atoms with Crippen molar-refractivity contribution < 1.29 is 19.4 Å². The molecule has 3 aromatic carbocycles. The van der Waals surface area contributed by atoms with Crippen molar-refractivity contribution in [2.45, 2.75) is 66.2 Å². The monoisotopic (exact) mass is 537 g/mol. The third-order valence-corrected chi connectivity index (χ3v) is 7.51. The Kier molecular flexibility index (Phi) is 8.29. The van der Waals surface area contributed by atoms with E-state index < -0.39 is 12.1 Å². The van der Waals surface area contributed by atoms with E-state index in [2.05, 4.69) is 41.9 Å². The van der Waals surface area contributed by atoms with E-state index >= 15 is 0 Å². The van der Waals surface area contributed by atoms with Gasteiger partial charge >= 0.3 is 5.97 Å². The van der Waals surface area contributed by atoms with Crippen LogP contribution in [0.1, 0.15) is 83.5 Å². The van der Waals surface area contributed by atoms with Crippen LogP contribution >= 0.6 is 0 Å². The highest BCUT2D eigenvalue weighted by Gasteiger charge is 2.18. The first-order valence-corrected chi connectivity index (χ1v) is 13.4. The fourth-order valence-electron chi connectivity index (χ4n) is 4.85. The number of carbonyl (C=O) groups excluding carboxylic acids is 1. The third kappa shape index (κ3) is 5.86. The molecule has 0 radical (unpaired) electrons. The lowest BCUT2D eigenvalue weighted by molar-refractivity contribution is -0.144. The number of aliphatic carboxylic acids is 1. The molecule has 0 fully saturated rings. The van der Waals surface area contributed by atoms with Crippen LogP contribution in [0.3, 0.4) is 0 Å². The smallest absolute Gasteiger partial charge is 0.344 e. The van der Waals surface area contributed by atoms with Crippen molar-refractivity contribution in [2.24, 2.45) is 0 Å². The molecule has 7 heteroatoms. The molecule has 0 unspecified atom stereocenters. The number of nitrogens with zero attached hydrogens (tertiary/aromatic N) is 2. The summed E-state index contributed by atoms with van der Waals surface area (Å²) in [6.07, 6.45) is -1.01. The van der Waals surface area contributed by atoms with Crippen molar-refractivity contribution in [1.82, 2.24) is 9.88 Å². The summed E-state index contributed by atoms with van der Waals surface area (Å²) in [5.74, 6) is -0.403. The van der Waals surface area contributed by atoms with Gasteiger partial charge in [0.25, 0.3) is 5.91 Å². The minimum atomic E-state index is -1.06. The maximum atomic E-state index is 13.2. The van der Waals surface area contributed by atoms with E-state index in [1.54, 1.807) is 18.2 Å². The van der Waals surface area contributed by atoms with Gasteiger partial charge in [0.15, 0.2) is 6.10 Å². The van der Waals surface area contributed by atoms with Gasteiger partial charge in [0.2, 0.25) is 0 Å². The van der Waals surface area contributed by atoms with Crippen molar-refractivity contribution in [2.75, 3.05) is 0 Å². The molecule has 4 aromatic rings. The van der Waals surface area contributed by atoms with Gasteiger partial charge in [-0.1, -0.05) is 38.1 Å². The largest absolute Gasteiger partial charge is 0.479 e. The maximum absolute atomic E-state index is 13.2. The molecule has 1 amide bonds. The predicted molar refractivity (Wildman–Crippen MR) is 156 cm³/mol. The fraction of sp³-hybridized carbons (Fsp3) is 0.303. The summed E-state index contributed by atoms with van der Waals surface area (Å²) in [5, 5.41) is 23.0. The molecule has 0 aliphatic heterocycles. The molecule has 7 nitrogen and oxygen atoms in total. The molecule has 206 valence electrons. The van der Waals surface area contributed by atoms with Gasteiger partial charge in [0, 0.05) is 28.7 Å². The minimum absolute atomic E-state index is 0.140. The Bertz CT molecular complexity index is 1630. The Morgan fingerprint density at radius 2 is 1.73 bits per heavy atom. The molecule has 0 spiro atoms. The Morgan fingerprint density at radius 3 is 2.40 bits per heavy atom. The lowest BCUT2D eigenvalue weighted by Gasteiger charge is -2.17. The van der Waals surface area contributed by atoms with Gasteiger partial charge in [-0.2, -0.15) is 5.26 Å². The molecular formula is C33H35N3O4. The number of aryl methyl sites for hydroxylation is 1. The third-order valence-electron chi connectivity index (χ3n) is 7.51. The van der Waals surface area contributed by atoms with Crippen molar-refractivity contribution in [3.05, 3.63) is 99.7 Å². The number of hydrogen-bond donors (Lipinski definition) is 2. The number of nitriles is 1. The van der Waals surface area contributed by atoms with Crippen LogP contribution in [0.4, 0.5) is 0 Å². The van der Waals surface area contributed by atoms with Crippen LogP contribution in [0.15, 0.2) is 60.7 Å². The molecule has 4 rings (SSSR count). The standard InChI is InChI=1S/C33H35N3O4/c1-19(2)24-8-7-9-25(14-24)21(4)35-32(37)26-11-13-31-30(16-26)20(3)22(5)36(31)18-28-15-29(12-10-27(28)17-34)40-23(6)33(38)39/h7-16,19,21,23H,18H2,1-6H3,(H,35,37)(H,38,39)/t21-,23-/m0/s1. The number of rotatable bonds is 9. The number of hydrogen-bond acceptors (Lipinski definition) is 4. The van der Waals surface area contributed by atoms with E-state index in [0.717, 1.165) is 33.3 Å². The summed E-state index contributed by atoms with van der Waals surface area (Å²) in [6.45, 7) is 12.2. The van der Waals surface area contributed by atoms with Gasteiger partial charge in [-0.25, -0.2) is 4.79 Å². The number of carboxylic acid groups (broad SMARTS) is 1. The maximum Gasteiger partial charge on any atom is 0.344 e. The highest BCUT2D eigenvalue weighted by atomic mass is 16.5. The summed E-state index contributed by atoms with van der Waals surface area (Å²) in [4.78, 5) is 24.5. The topological polar surface area (TPSA) is 104 Å². The minimum Gasteiger partial charge on any atom is -0.479 e. The molecule has 0 saturated carbocycles. The Balaban J connectivity index is 1.62. The van der Waals surface area contributed by atoms with Crippen LogP contribution in [0.25, 0.3) is 10.9 Å². The Labute approximate surface area is 235 Å². The summed E-state index contributed by atoms with van der Waals surface area (Å²) in [7, 11) is 0. The molecule has 40 heavy (non-hydrogen) atoms. The van der Waals surface area contributed by atoms with Crippen LogP contribution in [-0.2, 0) is 11.3 Å². The fourth-order valence-corrected chi connectivity index (χ4v) is 4.85. The highest BCUT2D eigenvalue weighted by Crippen LogP contribution is 2.29. The van der Waals surface area contributed by atoms with E-state index in [9.17, 15) is 20.0 Å². The highest BCUT2D eigenvalue weighted by molar-refractivity contribution is 5.99. The van der Waals surface area contributed by atoms with Crippen LogP contribution in [0.2, 0.25) is 0 Å². The summed E-state index contributed by atoms with van der Waals surface area (Å²) in [5.41, 5.74) is 7.09. The Hall–Kier alpha value is -4.57. The predicted octanol–water partition coefficient (Wildman–Crippen LogP) is 6.64. The number of aromatic nitrogens is 1. The molecule has 0 aliphatic rings. The quantitative estimate of drug-likeness (QED) is 0.249. The zero-order valence-corrected chi connectivity index (χ0v) is 23.8. The SMILES string of the molecule is Cc1c(C)n(Cc2cc(O[C@@H](C)C(=O)O)ccc2C#N)c2ccc(C(=O)N[C@@H](C)c3cccc(C(C)C)c3)cc12. The zero-order chi connectivity index (χ0) is 29.1. The van der Waals surface area contributed by atoms with E-state index in [-0.39, 0.29) is 11.9 Å². The number of fused-ring (bicyclic) bond motifs is 1. The van der Waals surface area contributed by atoms with Gasteiger partial charge in [-0.15, -0.1) is 0 Å². The molecule has 0 bridgehead atoms. The second-order valence-corrected chi connectivity index (χ2v) is 10.6. The van der Waals surface area contributed by atoms with Crippen LogP contribution in [0.5, 0.6) is 5.75 Å². The van der Waals surface area contributed by atoms with Gasteiger partial charge < -0.3 is 19.7 Å². The second-order valence-electron chi connectivity index (χ2n) is 10.6. The number of benzene rings is 3. The number of ether oxygens (including phenoxy) is 1. The average Bonchev–Trinajstić information content (AvgIpc) is 3.17. The summed E-state index contributed by atoms with van der Waals surface area (Å²) < 4.78 is 7.64. The van der Waals surface area contributed by atoms with E-state index in [1.165, 1.54) is 12.5 Å². The van der Waals surface area contributed by atoms with E-state index in [0.29, 0.717) is 29.3 Å². The molecule has 1 aromatic heterocycles. The van der Waals surface area contributed by atoms with Crippen molar-refractivity contribution in [1.29, 1.82) is 5.26 Å².